The van der Waals surface area contributed by atoms with Crippen molar-refractivity contribution in [3.63, 3.8) is 0 Å². The van der Waals surface area contributed by atoms with Crippen LogP contribution in [0.15, 0.2) is 105 Å². The van der Waals surface area contributed by atoms with Crippen LogP contribution >= 0.6 is 0 Å². The van der Waals surface area contributed by atoms with Crippen molar-refractivity contribution in [3.05, 3.63) is 135 Å². The zero-order valence-corrected chi connectivity index (χ0v) is 35.0. The van der Waals surface area contributed by atoms with Crippen LogP contribution in [-0.4, -0.2) is 79.3 Å². The van der Waals surface area contributed by atoms with Gasteiger partial charge in [0.1, 0.15) is 11.7 Å². The molecule has 6 heterocycles. The highest BCUT2D eigenvalue weighted by molar-refractivity contribution is 6.00. The van der Waals surface area contributed by atoms with E-state index in [4.69, 9.17) is 4.42 Å². The second kappa shape index (κ2) is 17.9. The van der Waals surface area contributed by atoms with E-state index in [1.807, 2.05) is 23.1 Å². The normalized spacial score (nSPS) is 18.0. The molecular formula is C47H44F4N8O6. The Labute approximate surface area is 368 Å². The number of rotatable bonds is 10. The minimum atomic E-state index is -4.67. The fourth-order valence-corrected chi connectivity index (χ4v) is 9.14. The van der Waals surface area contributed by atoms with Gasteiger partial charge in [-0.25, -0.2) is 19.2 Å². The molecule has 0 saturated carbocycles. The third kappa shape index (κ3) is 9.34. The largest absolute Gasteiger partial charge is 0.420 e. The molecule has 3 aliphatic heterocycles. The maximum atomic E-state index is 15.1. The lowest BCUT2D eigenvalue weighted by molar-refractivity contribution is -0.138. The maximum Gasteiger partial charge on any atom is 0.420 e. The first-order valence-corrected chi connectivity index (χ1v) is 21.6. The minimum Gasteiger partial charge on any atom is -0.408 e. The van der Waals surface area contributed by atoms with Crippen LogP contribution in [0.2, 0.25) is 0 Å². The van der Waals surface area contributed by atoms with E-state index >= 15 is 4.39 Å². The molecule has 3 fully saturated rings. The van der Waals surface area contributed by atoms with Gasteiger partial charge in [0.25, 0.3) is 11.5 Å². The molecule has 65 heavy (non-hydrogen) atoms. The molecular weight excluding hydrogens is 849 g/mol. The van der Waals surface area contributed by atoms with Gasteiger partial charge in [0.05, 0.1) is 17.3 Å². The number of carbonyl (C=O) groups is 3. The Morgan fingerprint density at radius 3 is 2.43 bits per heavy atom. The van der Waals surface area contributed by atoms with Crippen LogP contribution in [0.1, 0.15) is 78.4 Å². The van der Waals surface area contributed by atoms with Crippen molar-refractivity contribution in [3.8, 4) is 16.9 Å². The number of benzene rings is 3. The van der Waals surface area contributed by atoms with Gasteiger partial charge in [-0.2, -0.15) is 13.2 Å². The van der Waals surface area contributed by atoms with Crippen LogP contribution in [0.25, 0.3) is 28.0 Å². The fourth-order valence-electron chi connectivity index (χ4n) is 9.14. The maximum absolute atomic E-state index is 15.1. The van der Waals surface area contributed by atoms with E-state index in [2.05, 4.69) is 25.5 Å². The number of pyridine rings is 1. The van der Waals surface area contributed by atoms with Crippen LogP contribution < -0.4 is 21.9 Å². The standard InChI is InChI=1S/C47H44F4N8O6/c48-36-26-52-45(55-42(36)31-3-2-6-35(24-31)58-27-33(47(49,50)51)8-12-41(58)61)53-34-5-1-4-32(23-34)44(63)57-21-14-28(15-22-57)13-18-56-19-16-29(17-20-56)30-7-9-37-39(25-30)65-46(64)59(37)38-10-11-40(60)54-43(38)62/h1-9,12,23-29,38H,10-11,13-22H2,(H,52,53,55)(H,54,60,62). The van der Waals surface area contributed by atoms with Gasteiger partial charge in [0.15, 0.2) is 11.4 Å². The molecule has 18 heteroatoms. The second-order valence-corrected chi connectivity index (χ2v) is 16.8. The highest BCUT2D eigenvalue weighted by atomic mass is 19.4. The third-order valence-electron chi connectivity index (χ3n) is 12.7. The first-order chi connectivity index (χ1) is 31.3. The van der Waals surface area contributed by atoms with Crippen molar-refractivity contribution in [1.29, 1.82) is 0 Å². The molecule has 0 radical (unpaired) electrons. The second-order valence-electron chi connectivity index (χ2n) is 16.8. The highest BCUT2D eigenvalue weighted by Gasteiger charge is 2.33. The number of anilines is 2. The molecule has 14 nitrogen and oxygen atoms in total. The number of alkyl halides is 3. The number of imide groups is 1. The predicted octanol–water partition coefficient (Wildman–Crippen LogP) is 7.20. The van der Waals surface area contributed by atoms with E-state index in [1.165, 1.54) is 28.8 Å². The number of amides is 3. The average Bonchev–Trinajstić information content (AvgIpc) is 3.63. The highest BCUT2D eigenvalue weighted by Crippen LogP contribution is 2.33. The predicted molar refractivity (Wildman–Crippen MR) is 231 cm³/mol. The summed E-state index contributed by atoms with van der Waals surface area (Å²) < 4.78 is 63.0. The molecule has 0 spiro atoms. The molecule has 0 bridgehead atoms. The van der Waals surface area contributed by atoms with Crippen molar-refractivity contribution in [2.45, 2.75) is 63.1 Å². The monoisotopic (exact) mass is 892 g/mol. The van der Waals surface area contributed by atoms with E-state index in [1.54, 1.807) is 24.3 Å². The van der Waals surface area contributed by atoms with E-state index in [0.717, 1.165) is 74.1 Å². The van der Waals surface area contributed by atoms with Crippen LogP contribution in [0, 0.1) is 11.7 Å². The van der Waals surface area contributed by atoms with E-state index < -0.39 is 40.8 Å². The number of hydrogen-bond acceptors (Lipinski definition) is 10. The summed E-state index contributed by atoms with van der Waals surface area (Å²) in [5.41, 5.74) is 1.48. The Hall–Kier alpha value is -6.95. The number of fused-ring (bicyclic) bond motifs is 1. The summed E-state index contributed by atoms with van der Waals surface area (Å²) in [6.45, 7) is 4.10. The Kier molecular flexibility index (Phi) is 11.9. The lowest BCUT2D eigenvalue weighted by Gasteiger charge is -2.35. The Balaban J connectivity index is 0.761. The Morgan fingerprint density at radius 2 is 1.66 bits per heavy atom. The van der Waals surface area contributed by atoms with Gasteiger partial charge in [0.2, 0.25) is 17.8 Å². The molecule has 6 aromatic rings. The van der Waals surface area contributed by atoms with Crippen molar-refractivity contribution >= 4 is 40.5 Å². The quantitative estimate of drug-likeness (QED) is 0.106. The summed E-state index contributed by atoms with van der Waals surface area (Å²) in [5, 5.41) is 5.34. The van der Waals surface area contributed by atoms with Crippen molar-refractivity contribution < 1.29 is 36.4 Å². The molecule has 1 unspecified atom stereocenters. The molecule has 2 N–H and O–H groups in total. The first kappa shape index (κ1) is 43.3. The molecule has 3 aliphatic rings. The van der Waals surface area contributed by atoms with Gasteiger partial charge >= 0.3 is 11.9 Å². The van der Waals surface area contributed by atoms with Crippen LogP contribution in [0.3, 0.4) is 0 Å². The topological polar surface area (TPSA) is 165 Å². The molecule has 1 atom stereocenters. The van der Waals surface area contributed by atoms with Gasteiger partial charge in [-0.1, -0.05) is 24.3 Å². The molecule has 336 valence electrons. The van der Waals surface area contributed by atoms with E-state index in [0.29, 0.717) is 59.5 Å². The van der Waals surface area contributed by atoms with Gasteiger partial charge in [-0.05, 0) is 124 Å². The molecule has 3 amide bonds. The number of piperidine rings is 3. The zero-order valence-electron chi connectivity index (χ0n) is 35.0. The lowest BCUT2D eigenvalue weighted by Crippen LogP contribution is -2.43. The summed E-state index contributed by atoms with van der Waals surface area (Å²) in [5.74, 6) is -1.53. The minimum absolute atomic E-state index is 0.0216. The van der Waals surface area contributed by atoms with E-state index in [-0.39, 0.29) is 47.5 Å². The Morgan fingerprint density at radius 1 is 0.877 bits per heavy atom. The van der Waals surface area contributed by atoms with E-state index in [9.17, 15) is 37.1 Å². The van der Waals surface area contributed by atoms with Crippen LogP contribution in [0.5, 0.6) is 0 Å². The van der Waals surface area contributed by atoms with Gasteiger partial charge < -0.3 is 19.5 Å². The number of aromatic nitrogens is 4. The third-order valence-corrected chi connectivity index (χ3v) is 12.7. The smallest absolute Gasteiger partial charge is 0.408 e. The summed E-state index contributed by atoms with van der Waals surface area (Å²) in [7, 11) is 0. The number of nitrogens with zero attached hydrogens (tertiary/aromatic N) is 6. The summed E-state index contributed by atoms with van der Waals surface area (Å²) >= 11 is 0. The number of carbonyl (C=O) groups excluding carboxylic acids is 3. The van der Waals surface area contributed by atoms with Crippen LogP contribution in [0.4, 0.5) is 29.2 Å². The average molecular weight is 893 g/mol. The van der Waals surface area contributed by atoms with Gasteiger partial charge in [-0.3, -0.25) is 33.6 Å². The van der Waals surface area contributed by atoms with Crippen molar-refractivity contribution in [1.82, 2.24) is 34.2 Å². The Bertz CT molecular complexity index is 2910. The molecule has 3 aromatic carbocycles. The number of hydrogen-bond donors (Lipinski definition) is 2. The number of oxazole rings is 1. The number of halogens is 4. The molecule has 3 saturated heterocycles. The summed E-state index contributed by atoms with van der Waals surface area (Å²) in [6.07, 6.45) is 2.14. The van der Waals surface area contributed by atoms with Crippen molar-refractivity contribution in [2.75, 3.05) is 38.0 Å². The lowest BCUT2D eigenvalue weighted by atomic mass is 9.88. The SMILES string of the molecule is O=C1CCC(n2c(=O)oc3cc(C4CCN(CCC5CCN(C(=O)c6cccc(Nc7ncc(F)c(-c8cccc(-n9cc(C(F)(F)F)ccc9=O)c8)n7)c6)CC5)CC4)ccc32)C(=O)N1. The zero-order chi connectivity index (χ0) is 45.4. The van der Waals surface area contributed by atoms with Gasteiger partial charge in [0, 0.05) is 54.3 Å². The first-order valence-electron chi connectivity index (χ1n) is 21.6. The summed E-state index contributed by atoms with van der Waals surface area (Å²) in [6, 6.07) is 19.1. The van der Waals surface area contributed by atoms with Crippen LogP contribution in [-0.2, 0) is 15.8 Å². The summed E-state index contributed by atoms with van der Waals surface area (Å²) in [4.78, 5) is 75.7. The van der Waals surface area contributed by atoms with Crippen molar-refractivity contribution in [2.24, 2.45) is 5.92 Å². The fraction of sp³-hybridized carbons (Fsp3) is 0.340. The number of likely N-dealkylation sites (tertiary alicyclic amines) is 2. The van der Waals surface area contributed by atoms with Gasteiger partial charge in [-0.15, -0.1) is 0 Å². The molecule has 3 aromatic heterocycles. The molecule has 9 rings (SSSR count). The number of nitrogens with one attached hydrogen (secondary N) is 2. The molecule has 0 aliphatic carbocycles.